The Morgan fingerprint density at radius 2 is 2.04 bits per heavy atom. The molecule has 2 heterocycles. The molecule has 24 heavy (non-hydrogen) atoms. The van der Waals surface area contributed by atoms with Crippen LogP contribution in [0.2, 0.25) is 0 Å². The van der Waals surface area contributed by atoms with Gasteiger partial charge in [0.2, 0.25) is 0 Å². The first kappa shape index (κ1) is 19.4. The Balaban J connectivity index is 1.69. The summed E-state index contributed by atoms with van der Waals surface area (Å²) >= 11 is 2.02. The zero-order valence-electron chi connectivity index (χ0n) is 14.7. The molecule has 0 aliphatic carbocycles. The van der Waals surface area contributed by atoms with Crippen LogP contribution in [0.3, 0.4) is 0 Å². The van der Waals surface area contributed by atoms with Gasteiger partial charge in [-0.05, 0) is 49.7 Å². The summed E-state index contributed by atoms with van der Waals surface area (Å²) in [5.74, 6) is 9.27. The molecule has 2 saturated heterocycles. The Kier molecular flexibility index (Phi) is 8.77. The van der Waals surface area contributed by atoms with E-state index in [0.717, 1.165) is 37.9 Å². The third-order valence-electron chi connectivity index (χ3n) is 4.91. The molecule has 2 bridgehead atoms. The molecule has 2 aliphatic rings. The van der Waals surface area contributed by atoms with Gasteiger partial charge in [0.25, 0.3) is 0 Å². The van der Waals surface area contributed by atoms with Crippen molar-refractivity contribution in [2.24, 2.45) is 11.8 Å². The number of thioether (sulfide) groups is 1. The predicted molar refractivity (Wildman–Crippen MR) is 100 cm³/mol. The average molecular weight is 351 g/mol. The maximum atomic E-state index is 10.5. The number of allylic oxidation sites excluding steroid dienone is 2. The van der Waals surface area contributed by atoms with Crippen molar-refractivity contribution in [2.75, 3.05) is 11.5 Å². The number of hydrogen-bond donors (Lipinski definition) is 1. The predicted octanol–water partition coefficient (Wildman–Crippen LogP) is 4.52. The summed E-state index contributed by atoms with van der Waals surface area (Å²) in [5, 5.41) is 8.65. The molecule has 0 aromatic rings. The van der Waals surface area contributed by atoms with Gasteiger partial charge in [-0.3, -0.25) is 4.79 Å². The van der Waals surface area contributed by atoms with E-state index in [4.69, 9.17) is 9.84 Å². The van der Waals surface area contributed by atoms with Gasteiger partial charge in [0, 0.05) is 25.0 Å². The molecule has 1 N–H and O–H groups in total. The summed E-state index contributed by atoms with van der Waals surface area (Å²) in [7, 11) is 0. The third kappa shape index (κ3) is 6.18. The van der Waals surface area contributed by atoms with Crippen LogP contribution in [-0.4, -0.2) is 34.8 Å². The highest BCUT2D eigenvalue weighted by molar-refractivity contribution is 7.99. The second kappa shape index (κ2) is 10.8. The molecule has 0 aromatic carbocycles. The first-order chi connectivity index (χ1) is 11.7. The van der Waals surface area contributed by atoms with Crippen LogP contribution in [0, 0.1) is 23.7 Å². The SMILES string of the molecule is CCC#CCCSC[C@@H]1[C@H](C/C=C\CCCC(=O)O)[C@@H]2CC[C@H]1O2. The number of unbranched alkanes of at least 4 members (excludes halogenated alkanes) is 1. The van der Waals surface area contributed by atoms with Crippen molar-refractivity contribution < 1.29 is 14.6 Å². The van der Waals surface area contributed by atoms with E-state index in [9.17, 15) is 4.79 Å². The Hall–Kier alpha value is -0.920. The fourth-order valence-corrected chi connectivity index (χ4v) is 4.87. The molecule has 0 aromatic heterocycles. The summed E-state index contributed by atoms with van der Waals surface area (Å²) in [6, 6.07) is 0. The largest absolute Gasteiger partial charge is 0.481 e. The van der Waals surface area contributed by atoms with E-state index >= 15 is 0 Å². The van der Waals surface area contributed by atoms with Gasteiger partial charge >= 0.3 is 5.97 Å². The van der Waals surface area contributed by atoms with Gasteiger partial charge in [0.05, 0.1) is 12.2 Å². The Morgan fingerprint density at radius 3 is 2.79 bits per heavy atom. The van der Waals surface area contributed by atoms with Crippen LogP contribution in [0.25, 0.3) is 0 Å². The molecular formula is C20H30O3S. The van der Waals surface area contributed by atoms with Crippen LogP contribution < -0.4 is 0 Å². The number of carboxylic acids is 1. The minimum atomic E-state index is -0.703. The molecule has 134 valence electrons. The van der Waals surface area contributed by atoms with Crippen LogP contribution in [0.5, 0.6) is 0 Å². The molecule has 2 rings (SSSR count). The van der Waals surface area contributed by atoms with Crippen molar-refractivity contribution >= 4 is 17.7 Å². The van der Waals surface area contributed by atoms with Crippen LogP contribution in [0.4, 0.5) is 0 Å². The maximum absolute atomic E-state index is 10.5. The van der Waals surface area contributed by atoms with Gasteiger partial charge in [-0.25, -0.2) is 0 Å². The molecule has 4 heteroatoms. The lowest BCUT2D eigenvalue weighted by molar-refractivity contribution is -0.137. The molecular weight excluding hydrogens is 320 g/mol. The monoisotopic (exact) mass is 350 g/mol. The number of ether oxygens (including phenoxy) is 1. The van der Waals surface area contributed by atoms with Gasteiger partial charge in [-0.1, -0.05) is 19.1 Å². The van der Waals surface area contributed by atoms with Gasteiger partial charge in [-0.2, -0.15) is 11.8 Å². The van der Waals surface area contributed by atoms with Crippen LogP contribution >= 0.6 is 11.8 Å². The molecule has 0 spiro atoms. The van der Waals surface area contributed by atoms with Crippen LogP contribution in [0.15, 0.2) is 12.2 Å². The minimum absolute atomic E-state index is 0.266. The molecule has 2 aliphatic heterocycles. The fourth-order valence-electron chi connectivity index (χ4n) is 3.73. The van der Waals surface area contributed by atoms with Crippen molar-refractivity contribution in [1.82, 2.24) is 0 Å². The molecule has 3 nitrogen and oxygen atoms in total. The lowest BCUT2D eigenvalue weighted by Crippen LogP contribution is -2.28. The number of hydrogen-bond acceptors (Lipinski definition) is 3. The summed E-state index contributed by atoms with van der Waals surface area (Å²) in [4.78, 5) is 10.5. The molecule has 2 fully saturated rings. The van der Waals surface area contributed by atoms with Crippen molar-refractivity contribution in [3.63, 3.8) is 0 Å². The second-order valence-corrected chi connectivity index (χ2v) is 7.79. The van der Waals surface area contributed by atoms with E-state index in [0.29, 0.717) is 24.0 Å². The maximum Gasteiger partial charge on any atom is 0.303 e. The summed E-state index contributed by atoms with van der Waals surface area (Å²) in [6.45, 7) is 2.09. The van der Waals surface area contributed by atoms with E-state index < -0.39 is 5.97 Å². The highest BCUT2D eigenvalue weighted by atomic mass is 32.2. The van der Waals surface area contributed by atoms with Gasteiger partial charge in [0.15, 0.2) is 0 Å². The standard InChI is InChI=1S/C20H30O3S/c1-2-3-4-9-14-24-15-17-16(18-12-13-19(17)23-18)10-7-5-6-8-11-20(21)22/h5,7,16-19H,2,6,8-15H2,1H3,(H,21,22)/b7-5-/t16-,17+,18-,19+/m0/s1. The Bertz CT molecular complexity index is 477. The molecule has 0 unspecified atom stereocenters. The number of rotatable bonds is 10. The fraction of sp³-hybridized carbons (Fsp3) is 0.750. The van der Waals surface area contributed by atoms with Gasteiger partial charge in [0.1, 0.15) is 0 Å². The molecule has 0 saturated carbocycles. The summed E-state index contributed by atoms with van der Waals surface area (Å²) in [6.07, 6.45) is 12.6. The quantitative estimate of drug-likeness (QED) is 0.357. The summed E-state index contributed by atoms with van der Waals surface area (Å²) in [5.41, 5.74) is 0. The average Bonchev–Trinajstić information content (AvgIpc) is 3.15. The van der Waals surface area contributed by atoms with E-state index in [2.05, 4.69) is 30.9 Å². The number of aliphatic carboxylic acids is 1. The van der Waals surface area contributed by atoms with E-state index in [1.807, 2.05) is 11.8 Å². The van der Waals surface area contributed by atoms with Crippen molar-refractivity contribution in [2.45, 2.75) is 70.5 Å². The Labute approximate surface area is 150 Å². The first-order valence-corrected chi connectivity index (χ1v) is 10.4. The lowest BCUT2D eigenvalue weighted by Gasteiger charge is -2.26. The molecule has 0 radical (unpaired) electrons. The zero-order chi connectivity index (χ0) is 17.2. The molecule has 0 amide bonds. The first-order valence-electron chi connectivity index (χ1n) is 9.28. The van der Waals surface area contributed by atoms with Crippen molar-refractivity contribution in [3.8, 4) is 11.8 Å². The number of carbonyl (C=O) groups is 1. The second-order valence-electron chi connectivity index (χ2n) is 6.64. The van der Waals surface area contributed by atoms with E-state index in [1.54, 1.807) is 0 Å². The van der Waals surface area contributed by atoms with E-state index in [-0.39, 0.29) is 6.42 Å². The van der Waals surface area contributed by atoms with Crippen LogP contribution in [-0.2, 0) is 9.53 Å². The van der Waals surface area contributed by atoms with Crippen molar-refractivity contribution in [3.05, 3.63) is 12.2 Å². The third-order valence-corrected chi connectivity index (χ3v) is 6.02. The van der Waals surface area contributed by atoms with E-state index in [1.165, 1.54) is 18.6 Å². The highest BCUT2D eigenvalue weighted by Gasteiger charge is 2.47. The van der Waals surface area contributed by atoms with Crippen molar-refractivity contribution in [1.29, 1.82) is 0 Å². The minimum Gasteiger partial charge on any atom is -0.481 e. The highest BCUT2D eigenvalue weighted by Crippen LogP contribution is 2.46. The lowest BCUT2D eigenvalue weighted by atomic mass is 9.78. The smallest absolute Gasteiger partial charge is 0.303 e. The number of fused-ring (bicyclic) bond motifs is 2. The zero-order valence-corrected chi connectivity index (χ0v) is 15.5. The summed E-state index contributed by atoms with van der Waals surface area (Å²) < 4.78 is 6.15. The van der Waals surface area contributed by atoms with Gasteiger partial charge in [-0.15, -0.1) is 11.8 Å². The number of carboxylic acid groups (broad SMARTS) is 1. The topological polar surface area (TPSA) is 46.5 Å². The molecule has 4 atom stereocenters. The van der Waals surface area contributed by atoms with Crippen LogP contribution in [0.1, 0.15) is 58.3 Å². The normalized spacial score (nSPS) is 28.2. The van der Waals surface area contributed by atoms with Gasteiger partial charge < -0.3 is 9.84 Å². The Morgan fingerprint density at radius 1 is 1.25 bits per heavy atom.